The predicted octanol–water partition coefficient (Wildman–Crippen LogP) is 1.31. The van der Waals surface area contributed by atoms with Gasteiger partial charge in [-0.2, -0.15) is 0 Å². The summed E-state index contributed by atoms with van der Waals surface area (Å²) in [5.74, 6) is 0. The maximum absolute atomic E-state index is 8.95. The van der Waals surface area contributed by atoms with Gasteiger partial charge in [-0.3, -0.25) is 0 Å². The van der Waals surface area contributed by atoms with Crippen molar-refractivity contribution in [2.75, 3.05) is 13.2 Å². The fraction of sp³-hybridized carbons (Fsp3) is 0.636. The minimum atomic E-state index is -0.229. The van der Waals surface area contributed by atoms with Crippen LogP contribution in [0.25, 0.3) is 0 Å². The minimum Gasteiger partial charge on any atom is -0.395 e. The molecule has 15 heavy (non-hydrogen) atoms. The van der Waals surface area contributed by atoms with E-state index in [0.717, 1.165) is 6.42 Å². The molecule has 1 aromatic heterocycles. The minimum absolute atomic E-state index is 0.0349. The first kappa shape index (κ1) is 12.6. The maximum atomic E-state index is 8.95. The third-order valence-electron chi connectivity index (χ3n) is 2.38. The predicted molar refractivity (Wildman–Crippen MR) is 63.2 cm³/mol. The molecule has 0 radical (unpaired) electrons. The zero-order chi connectivity index (χ0) is 11.3. The third-order valence-corrected chi connectivity index (χ3v) is 3.80. The largest absolute Gasteiger partial charge is 0.395 e. The average molecular weight is 229 g/mol. The first-order valence-corrected chi connectivity index (χ1v) is 6.09. The highest BCUT2D eigenvalue weighted by molar-refractivity contribution is 7.12. The van der Waals surface area contributed by atoms with E-state index in [0.29, 0.717) is 0 Å². The lowest BCUT2D eigenvalue weighted by atomic mass is 10.2. The van der Waals surface area contributed by atoms with Gasteiger partial charge in [-0.15, -0.1) is 11.3 Å². The molecule has 0 saturated heterocycles. The third kappa shape index (κ3) is 3.57. The van der Waals surface area contributed by atoms with Gasteiger partial charge in [-0.25, -0.2) is 0 Å². The summed E-state index contributed by atoms with van der Waals surface area (Å²) >= 11 is 1.78. The molecule has 0 fully saturated rings. The molecule has 0 aliphatic carbocycles. The van der Waals surface area contributed by atoms with Crippen molar-refractivity contribution in [2.24, 2.45) is 0 Å². The van der Waals surface area contributed by atoms with Crippen LogP contribution < -0.4 is 5.32 Å². The number of rotatable bonds is 6. The van der Waals surface area contributed by atoms with Crippen LogP contribution in [0.4, 0.5) is 0 Å². The molecule has 0 bridgehead atoms. The second-order valence-electron chi connectivity index (χ2n) is 3.61. The van der Waals surface area contributed by atoms with Gasteiger partial charge in [0.25, 0.3) is 0 Å². The molecule has 1 atom stereocenters. The number of hydrogen-bond acceptors (Lipinski definition) is 4. The zero-order valence-electron chi connectivity index (χ0n) is 9.23. The highest BCUT2D eigenvalue weighted by Crippen LogP contribution is 2.23. The first-order valence-electron chi connectivity index (χ1n) is 5.27. The Morgan fingerprint density at radius 2 is 2.00 bits per heavy atom. The van der Waals surface area contributed by atoms with Crippen LogP contribution in [0.1, 0.15) is 29.6 Å². The van der Waals surface area contributed by atoms with Gasteiger partial charge < -0.3 is 15.5 Å². The molecule has 86 valence electrons. The molecule has 1 rings (SSSR count). The van der Waals surface area contributed by atoms with Crippen LogP contribution >= 0.6 is 11.3 Å². The Morgan fingerprint density at radius 3 is 2.47 bits per heavy atom. The maximum Gasteiger partial charge on any atom is 0.0607 e. The van der Waals surface area contributed by atoms with Crippen LogP contribution in [0, 0.1) is 0 Å². The van der Waals surface area contributed by atoms with Gasteiger partial charge >= 0.3 is 0 Å². The normalized spacial score (nSPS) is 13.4. The van der Waals surface area contributed by atoms with E-state index >= 15 is 0 Å². The Kier molecular flexibility index (Phi) is 5.25. The van der Waals surface area contributed by atoms with E-state index in [4.69, 9.17) is 10.2 Å². The van der Waals surface area contributed by atoms with Gasteiger partial charge in [0, 0.05) is 15.8 Å². The van der Waals surface area contributed by atoms with E-state index in [9.17, 15) is 0 Å². The molecule has 0 spiro atoms. The van der Waals surface area contributed by atoms with Gasteiger partial charge in [0.1, 0.15) is 0 Å². The summed E-state index contributed by atoms with van der Waals surface area (Å²) in [7, 11) is 0. The number of thiophene rings is 1. The Morgan fingerprint density at radius 1 is 1.33 bits per heavy atom. The van der Waals surface area contributed by atoms with Crippen molar-refractivity contribution in [2.45, 2.75) is 32.4 Å². The van der Waals surface area contributed by atoms with Gasteiger partial charge in [0.2, 0.25) is 0 Å². The molecule has 1 unspecified atom stereocenters. The van der Waals surface area contributed by atoms with Crippen LogP contribution in [0.2, 0.25) is 0 Å². The average Bonchev–Trinajstić information content (AvgIpc) is 2.74. The lowest BCUT2D eigenvalue weighted by Gasteiger charge is -2.18. The summed E-state index contributed by atoms with van der Waals surface area (Å²) in [5.41, 5.74) is 0. The fourth-order valence-electron chi connectivity index (χ4n) is 1.42. The summed E-state index contributed by atoms with van der Waals surface area (Å²) in [4.78, 5) is 2.61. The van der Waals surface area contributed by atoms with Crippen molar-refractivity contribution >= 4 is 11.3 Å². The van der Waals surface area contributed by atoms with E-state index in [-0.39, 0.29) is 25.3 Å². The van der Waals surface area contributed by atoms with E-state index in [1.807, 2.05) is 6.92 Å². The van der Waals surface area contributed by atoms with Crippen molar-refractivity contribution in [3.8, 4) is 0 Å². The fourth-order valence-corrected chi connectivity index (χ4v) is 2.38. The lowest BCUT2D eigenvalue weighted by molar-refractivity contribution is 0.164. The van der Waals surface area contributed by atoms with E-state index in [1.54, 1.807) is 11.3 Å². The van der Waals surface area contributed by atoms with E-state index in [2.05, 4.69) is 24.4 Å². The molecule has 0 amide bonds. The second-order valence-corrected chi connectivity index (χ2v) is 4.81. The first-order chi connectivity index (χ1) is 7.21. The molecule has 3 nitrogen and oxygen atoms in total. The van der Waals surface area contributed by atoms with Crippen molar-refractivity contribution < 1.29 is 10.2 Å². The molecule has 4 heteroatoms. The molecular weight excluding hydrogens is 210 g/mol. The quantitative estimate of drug-likeness (QED) is 0.689. The molecule has 0 aromatic carbocycles. The van der Waals surface area contributed by atoms with Crippen molar-refractivity contribution in [1.82, 2.24) is 5.32 Å². The van der Waals surface area contributed by atoms with Gasteiger partial charge in [0.15, 0.2) is 0 Å². The zero-order valence-corrected chi connectivity index (χ0v) is 10.0. The molecule has 1 aromatic rings. The van der Waals surface area contributed by atoms with Gasteiger partial charge in [0.05, 0.1) is 19.3 Å². The van der Waals surface area contributed by atoms with Crippen molar-refractivity contribution in [3.05, 3.63) is 21.9 Å². The highest BCUT2D eigenvalue weighted by atomic mass is 32.1. The monoisotopic (exact) mass is 229 g/mol. The number of aliphatic hydroxyl groups excluding tert-OH is 2. The molecule has 3 N–H and O–H groups in total. The number of aryl methyl sites for hydroxylation is 1. The smallest absolute Gasteiger partial charge is 0.0607 e. The van der Waals surface area contributed by atoms with Gasteiger partial charge in [-0.05, 0) is 25.5 Å². The van der Waals surface area contributed by atoms with Crippen molar-refractivity contribution in [1.29, 1.82) is 0 Å². The summed E-state index contributed by atoms with van der Waals surface area (Å²) in [6, 6.07) is 4.18. The molecule has 1 heterocycles. The van der Waals surface area contributed by atoms with Crippen molar-refractivity contribution in [3.63, 3.8) is 0 Å². The molecule has 0 aliphatic heterocycles. The molecular formula is C11H19NO2S. The Bertz CT molecular complexity index is 284. The van der Waals surface area contributed by atoms with Crippen LogP contribution in [0.3, 0.4) is 0 Å². The van der Waals surface area contributed by atoms with Gasteiger partial charge in [-0.1, -0.05) is 6.92 Å². The topological polar surface area (TPSA) is 52.5 Å². The number of nitrogens with one attached hydrogen (secondary N) is 1. The Hall–Kier alpha value is -0.420. The summed E-state index contributed by atoms with van der Waals surface area (Å²) in [6.45, 7) is 4.11. The SMILES string of the molecule is CCc1ccc(C(C)NC(CO)CO)s1. The standard InChI is InChI=1S/C11H19NO2S/c1-3-10-4-5-11(15-10)8(2)12-9(6-13)7-14/h4-5,8-9,12-14H,3,6-7H2,1-2H3. The van der Waals surface area contributed by atoms with Crippen LogP contribution in [-0.2, 0) is 6.42 Å². The van der Waals surface area contributed by atoms with Crippen LogP contribution in [-0.4, -0.2) is 29.5 Å². The summed E-state index contributed by atoms with van der Waals surface area (Å²) < 4.78 is 0. The Balaban J connectivity index is 2.55. The number of aliphatic hydroxyl groups is 2. The van der Waals surface area contributed by atoms with Crippen LogP contribution in [0.15, 0.2) is 12.1 Å². The highest BCUT2D eigenvalue weighted by Gasteiger charge is 2.13. The molecule has 0 aliphatic rings. The Labute approximate surface area is 94.8 Å². The van der Waals surface area contributed by atoms with E-state index in [1.165, 1.54) is 9.75 Å². The molecule has 0 saturated carbocycles. The van der Waals surface area contributed by atoms with E-state index < -0.39 is 0 Å². The number of hydrogen-bond donors (Lipinski definition) is 3. The second kappa shape index (κ2) is 6.23. The van der Waals surface area contributed by atoms with Crippen LogP contribution in [0.5, 0.6) is 0 Å². The lowest BCUT2D eigenvalue weighted by Crippen LogP contribution is -2.37. The summed E-state index contributed by atoms with van der Waals surface area (Å²) in [6.07, 6.45) is 1.06. The summed E-state index contributed by atoms with van der Waals surface area (Å²) in [5, 5.41) is 21.1.